The summed E-state index contributed by atoms with van der Waals surface area (Å²) >= 11 is 1.33. The molecule has 4 N–H and O–H groups in total. The highest BCUT2D eigenvalue weighted by Gasteiger charge is 2.09. The molecule has 0 aliphatic rings. The summed E-state index contributed by atoms with van der Waals surface area (Å²) in [6.07, 6.45) is 2.17. The standard InChI is InChI=1S/C11H15N5OS/c1-2-3-7-4-9(16-15-7)14-10(17)5-8-6-18-11(12)13-8/h4,6H,2-3,5H2,1H3,(H2,12,13)(H2,14,15,16,17). The maximum Gasteiger partial charge on any atom is 0.231 e. The second-order valence-corrected chi connectivity index (χ2v) is 4.82. The molecule has 0 radical (unpaired) electrons. The fourth-order valence-corrected chi connectivity index (χ4v) is 2.14. The molecule has 0 unspecified atom stereocenters. The van der Waals surface area contributed by atoms with Crippen LogP contribution in [0.25, 0.3) is 0 Å². The number of aromatic amines is 1. The number of hydrogen-bond donors (Lipinski definition) is 3. The minimum atomic E-state index is -0.144. The highest BCUT2D eigenvalue weighted by molar-refractivity contribution is 7.13. The van der Waals surface area contributed by atoms with E-state index < -0.39 is 0 Å². The summed E-state index contributed by atoms with van der Waals surface area (Å²) in [4.78, 5) is 15.8. The first-order chi connectivity index (χ1) is 8.67. The normalized spacial score (nSPS) is 10.5. The van der Waals surface area contributed by atoms with Crippen molar-refractivity contribution in [1.29, 1.82) is 0 Å². The van der Waals surface area contributed by atoms with Gasteiger partial charge in [-0.25, -0.2) is 4.98 Å². The van der Waals surface area contributed by atoms with Crippen LogP contribution in [0.2, 0.25) is 0 Å². The van der Waals surface area contributed by atoms with Gasteiger partial charge in [-0.3, -0.25) is 9.89 Å². The van der Waals surface area contributed by atoms with Gasteiger partial charge in [0.1, 0.15) is 0 Å². The highest BCUT2D eigenvalue weighted by Crippen LogP contribution is 2.12. The average molecular weight is 265 g/mol. The van der Waals surface area contributed by atoms with Gasteiger partial charge in [-0.05, 0) is 6.42 Å². The maximum atomic E-state index is 11.7. The van der Waals surface area contributed by atoms with E-state index in [4.69, 9.17) is 5.73 Å². The molecule has 7 heteroatoms. The molecule has 2 aromatic rings. The minimum Gasteiger partial charge on any atom is -0.375 e. The lowest BCUT2D eigenvalue weighted by Gasteiger charge is -1.98. The number of nitrogens with two attached hydrogens (primary N) is 1. The lowest BCUT2D eigenvalue weighted by Crippen LogP contribution is -2.14. The third kappa shape index (κ3) is 3.30. The molecule has 2 heterocycles. The molecule has 0 aliphatic carbocycles. The van der Waals surface area contributed by atoms with Crippen LogP contribution in [0.15, 0.2) is 11.4 Å². The number of nitrogens with one attached hydrogen (secondary N) is 2. The average Bonchev–Trinajstić information content (AvgIpc) is 2.89. The van der Waals surface area contributed by atoms with Gasteiger partial charge in [-0.2, -0.15) is 5.10 Å². The Morgan fingerprint density at radius 2 is 2.44 bits per heavy atom. The quantitative estimate of drug-likeness (QED) is 0.764. The molecule has 2 rings (SSSR count). The topological polar surface area (TPSA) is 96.7 Å². The number of aromatic nitrogens is 3. The number of thiazole rings is 1. The van der Waals surface area contributed by atoms with Gasteiger partial charge in [0.25, 0.3) is 0 Å². The summed E-state index contributed by atoms with van der Waals surface area (Å²) < 4.78 is 0. The van der Waals surface area contributed by atoms with Crippen molar-refractivity contribution >= 4 is 28.2 Å². The molecule has 0 spiro atoms. The minimum absolute atomic E-state index is 0.144. The van der Waals surface area contributed by atoms with Crippen molar-refractivity contribution in [3.05, 3.63) is 22.8 Å². The number of hydrogen-bond acceptors (Lipinski definition) is 5. The predicted molar refractivity (Wildman–Crippen MR) is 71.4 cm³/mol. The third-order valence-electron chi connectivity index (χ3n) is 2.33. The molecular formula is C11H15N5OS. The van der Waals surface area contributed by atoms with E-state index in [1.165, 1.54) is 11.3 Å². The molecule has 0 fully saturated rings. The van der Waals surface area contributed by atoms with Gasteiger partial charge < -0.3 is 11.1 Å². The first-order valence-electron chi connectivity index (χ1n) is 5.71. The number of carbonyl (C=O) groups is 1. The van der Waals surface area contributed by atoms with E-state index in [9.17, 15) is 4.79 Å². The van der Waals surface area contributed by atoms with Crippen LogP contribution in [0.4, 0.5) is 10.9 Å². The second kappa shape index (κ2) is 5.63. The predicted octanol–water partition coefficient (Wildman–Crippen LogP) is 1.58. The van der Waals surface area contributed by atoms with Crippen LogP contribution in [0.5, 0.6) is 0 Å². The monoisotopic (exact) mass is 265 g/mol. The first-order valence-corrected chi connectivity index (χ1v) is 6.59. The number of anilines is 2. The van der Waals surface area contributed by atoms with Gasteiger partial charge in [-0.1, -0.05) is 13.3 Å². The number of H-pyrrole nitrogens is 1. The Kier molecular flexibility index (Phi) is 3.93. The zero-order valence-electron chi connectivity index (χ0n) is 10.1. The Hall–Kier alpha value is -1.89. The molecule has 1 amide bonds. The molecule has 0 atom stereocenters. The zero-order chi connectivity index (χ0) is 13.0. The Morgan fingerprint density at radius 1 is 1.61 bits per heavy atom. The third-order valence-corrected chi connectivity index (χ3v) is 3.05. The maximum absolute atomic E-state index is 11.7. The summed E-state index contributed by atoms with van der Waals surface area (Å²) in [5.41, 5.74) is 7.20. The molecule has 18 heavy (non-hydrogen) atoms. The van der Waals surface area contributed by atoms with Gasteiger partial charge in [0.15, 0.2) is 10.9 Å². The van der Waals surface area contributed by atoms with E-state index in [0.717, 1.165) is 18.5 Å². The number of aryl methyl sites for hydroxylation is 1. The van der Waals surface area contributed by atoms with Crippen LogP contribution in [0.3, 0.4) is 0 Å². The Bertz CT molecular complexity index is 533. The Morgan fingerprint density at radius 3 is 3.11 bits per heavy atom. The molecule has 0 aromatic carbocycles. The Labute approximate surface area is 109 Å². The van der Waals surface area contributed by atoms with Crippen LogP contribution >= 0.6 is 11.3 Å². The molecule has 96 valence electrons. The van der Waals surface area contributed by atoms with Crippen LogP contribution in [-0.4, -0.2) is 21.1 Å². The lowest BCUT2D eigenvalue weighted by atomic mass is 10.2. The van der Waals surface area contributed by atoms with E-state index in [0.29, 0.717) is 16.6 Å². The second-order valence-electron chi connectivity index (χ2n) is 3.93. The van der Waals surface area contributed by atoms with Crippen molar-refractivity contribution in [2.45, 2.75) is 26.2 Å². The van der Waals surface area contributed by atoms with Crippen LogP contribution < -0.4 is 11.1 Å². The van der Waals surface area contributed by atoms with E-state index in [-0.39, 0.29) is 12.3 Å². The van der Waals surface area contributed by atoms with Crippen LogP contribution in [0.1, 0.15) is 24.7 Å². The van der Waals surface area contributed by atoms with Crippen LogP contribution in [-0.2, 0) is 17.6 Å². The van der Waals surface area contributed by atoms with E-state index in [1.807, 2.05) is 6.07 Å². The summed E-state index contributed by atoms with van der Waals surface area (Å²) in [5.74, 6) is 0.404. The summed E-state index contributed by atoms with van der Waals surface area (Å²) in [7, 11) is 0. The molecule has 0 aliphatic heterocycles. The van der Waals surface area contributed by atoms with Crippen molar-refractivity contribution in [3.8, 4) is 0 Å². The summed E-state index contributed by atoms with van der Waals surface area (Å²) in [6.45, 7) is 2.09. The number of amides is 1. The summed E-state index contributed by atoms with van der Waals surface area (Å²) in [5, 5.41) is 11.9. The van der Waals surface area contributed by atoms with E-state index in [1.54, 1.807) is 5.38 Å². The fourth-order valence-electron chi connectivity index (χ4n) is 1.58. The van der Waals surface area contributed by atoms with Crippen molar-refractivity contribution in [3.63, 3.8) is 0 Å². The van der Waals surface area contributed by atoms with Crippen molar-refractivity contribution in [1.82, 2.24) is 15.2 Å². The zero-order valence-corrected chi connectivity index (χ0v) is 10.9. The van der Waals surface area contributed by atoms with Crippen molar-refractivity contribution in [2.24, 2.45) is 0 Å². The smallest absolute Gasteiger partial charge is 0.231 e. The van der Waals surface area contributed by atoms with Crippen molar-refractivity contribution in [2.75, 3.05) is 11.1 Å². The fraction of sp³-hybridized carbons (Fsp3) is 0.364. The van der Waals surface area contributed by atoms with Gasteiger partial charge in [-0.15, -0.1) is 11.3 Å². The van der Waals surface area contributed by atoms with E-state index in [2.05, 4.69) is 27.4 Å². The van der Waals surface area contributed by atoms with Gasteiger partial charge >= 0.3 is 0 Å². The number of nitrogen functional groups attached to an aromatic ring is 1. The first kappa shape index (κ1) is 12.6. The number of rotatable bonds is 5. The molecule has 0 saturated carbocycles. The molecular weight excluding hydrogens is 250 g/mol. The molecule has 2 aromatic heterocycles. The molecule has 6 nitrogen and oxygen atoms in total. The SMILES string of the molecule is CCCc1cc(NC(=O)Cc2csc(N)n2)n[nH]1. The van der Waals surface area contributed by atoms with Crippen LogP contribution in [0, 0.1) is 0 Å². The number of carbonyl (C=O) groups excluding carboxylic acids is 1. The Balaban J connectivity index is 1.90. The van der Waals surface area contributed by atoms with Gasteiger partial charge in [0.05, 0.1) is 12.1 Å². The molecule has 0 bridgehead atoms. The van der Waals surface area contributed by atoms with E-state index >= 15 is 0 Å². The molecule has 0 saturated heterocycles. The lowest BCUT2D eigenvalue weighted by molar-refractivity contribution is -0.115. The summed E-state index contributed by atoms with van der Waals surface area (Å²) in [6, 6.07) is 1.84. The number of nitrogens with zero attached hydrogens (tertiary/aromatic N) is 2. The largest absolute Gasteiger partial charge is 0.375 e. The van der Waals surface area contributed by atoms with Gasteiger partial charge in [0.2, 0.25) is 5.91 Å². The highest BCUT2D eigenvalue weighted by atomic mass is 32.1. The van der Waals surface area contributed by atoms with Gasteiger partial charge in [0, 0.05) is 17.1 Å². The van der Waals surface area contributed by atoms with Crippen molar-refractivity contribution < 1.29 is 4.79 Å².